The number of hydrogen-bond acceptors (Lipinski definition) is 4. The van der Waals surface area contributed by atoms with E-state index in [0.29, 0.717) is 12.2 Å². The van der Waals surface area contributed by atoms with Gasteiger partial charge in [0.25, 0.3) is 0 Å². The largest absolute Gasteiger partial charge is 0.481 e. The molecule has 1 heterocycles. The zero-order chi connectivity index (χ0) is 12.3. The Balaban J connectivity index is 2.26. The summed E-state index contributed by atoms with van der Waals surface area (Å²) in [7, 11) is 0. The number of nitrogens with zero attached hydrogens (tertiary/aromatic N) is 4. The van der Waals surface area contributed by atoms with Gasteiger partial charge in [-0.25, -0.2) is 0 Å². The van der Waals surface area contributed by atoms with Gasteiger partial charge in [0, 0.05) is 6.42 Å². The number of carboxylic acids is 1. The summed E-state index contributed by atoms with van der Waals surface area (Å²) in [5, 5.41) is 20.2. The van der Waals surface area contributed by atoms with Crippen LogP contribution in [0, 0.1) is 5.92 Å². The predicted octanol–water partition coefficient (Wildman–Crippen LogP) is 0.925. The van der Waals surface area contributed by atoms with E-state index < -0.39 is 11.9 Å². The van der Waals surface area contributed by atoms with E-state index >= 15 is 0 Å². The second-order valence-corrected chi connectivity index (χ2v) is 3.79. The van der Waals surface area contributed by atoms with Crippen molar-refractivity contribution in [2.45, 2.75) is 13.3 Å². The minimum absolute atomic E-state index is 0.303. The first-order chi connectivity index (χ1) is 8.18. The SMILES string of the molecule is CC(Cc1nnnn1-c1ccccc1)C(=O)O. The second-order valence-electron chi connectivity index (χ2n) is 3.79. The number of rotatable bonds is 4. The quantitative estimate of drug-likeness (QED) is 0.847. The van der Waals surface area contributed by atoms with Gasteiger partial charge < -0.3 is 5.11 Å². The van der Waals surface area contributed by atoms with Crippen LogP contribution in [0.2, 0.25) is 0 Å². The number of para-hydroxylation sites is 1. The lowest BCUT2D eigenvalue weighted by Crippen LogP contribution is -2.15. The van der Waals surface area contributed by atoms with Gasteiger partial charge in [0.15, 0.2) is 5.82 Å². The van der Waals surface area contributed by atoms with Gasteiger partial charge in [-0.1, -0.05) is 25.1 Å². The van der Waals surface area contributed by atoms with Crippen LogP contribution in [0.1, 0.15) is 12.7 Å². The molecule has 0 amide bonds. The number of carbonyl (C=O) groups is 1. The van der Waals surface area contributed by atoms with Crippen LogP contribution in [0.5, 0.6) is 0 Å². The Morgan fingerprint density at radius 3 is 2.76 bits per heavy atom. The molecule has 17 heavy (non-hydrogen) atoms. The van der Waals surface area contributed by atoms with Crippen molar-refractivity contribution in [2.75, 3.05) is 0 Å². The molecular weight excluding hydrogens is 220 g/mol. The third-order valence-corrected chi connectivity index (χ3v) is 2.45. The van der Waals surface area contributed by atoms with Crippen molar-refractivity contribution in [1.29, 1.82) is 0 Å². The molecule has 2 aromatic rings. The highest BCUT2D eigenvalue weighted by Crippen LogP contribution is 2.10. The molecule has 0 aliphatic carbocycles. The number of aromatic nitrogens is 4. The first-order valence-corrected chi connectivity index (χ1v) is 5.24. The molecule has 0 fully saturated rings. The molecule has 0 bridgehead atoms. The van der Waals surface area contributed by atoms with Crippen LogP contribution in [-0.4, -0.2) is 31.3 Å². The molecule has 1 unspecified atom stereocenters. The summed E-state index contributed by atoms with van der Waals surface area (Å²) in [6.07, 6.45) is 0.303. The highest BCUT2D eigenvalue weighted by atomic mass is 16.4. The molecule has 0 saturated heterocycles. The van der Waals surface area contributed by atoms with Gasteiger partial charge in [0.1, 0.15) is 0 Å². The minimum Gasteiger partial charge on any atom is -0.481 e. The monoisotopic (exact) mass is 232 g/mol. The molecular formula is C11H12N4O2. The number of benzene rings is 1. The highest BCUT2D eigenvalue weighted by molar-refractivity contribution is 5.69. The van der Waals surface area contributed by atoms with Gasteiger partial charge in [0.2, 0.25) is 0 Å². The van der Waals surface area contributed by atoms with Crippen molar-refractivity contribution in [2.24, 2.45) is 5.92 Å². The van der Waals surface area contributed by atoms with E-state index in [1.54, 1.807) is 11.6 Å². The van der Waals surface area contributed by atoms with E-state index in [4.69, 9.17) is 5.11 Å². The first kappa shape index (κ1) is 11.3. The average molecular weight is 232 g/mol. The third kappa shape index (κ3) is 2.47. The number of aliphatic carboxylic acids is 1. The average Bonchev–Trinajstić information content (AvgIpc) is 2.78. The summed E-state index contributed by atoms with van der Waals surface area (Å²) >= 11 is 0. The first-order valence-electron chi connectivity index (χ1n) is 5.24. The lowest BCUT2D eigenvalue weighted by molar-refractivity contribution is -0.141. The van der Waals surface area contributed by atoms with Gasteiger partial charge in [-0.3, -0.25) is 4.79 Å². The molecule has 0 aliphatic rings. The van der Waals surface area contributed by atoms with Gasteiger partial charge >= 0.3 is 5.97 Å². The van der Waals surface area contributed by atoms with Crippen molar-refractivity contribution in [1.82, 2.24) is 20.2 Å². The molecule has 88 valence electrons. The molecule has 0 aliphatic heterocycles. The number of carboxylic acid groups (broad SMARTS) is 1. The molecule has 2 rings (SSSR count). The Bertz CT molecular complexity index is 509. The highest BCUT2D eigenvalue weighted by Gasteiger charge is 2.17. The molecule has 6 heteroatoms. The third-order valence-electron chi connectivity index (χ3n) is 2.45. The van der Waals surface area contributed by atoms with Crippen molar-refractivity contribution in [3.63, 3.8) is 0 Å². The number of hydrogen-bond donors (Lipinski definition) is 1. The maximum absolute atomic E-state index is 10.8. The van der Waals surface area contributed by atoms with Crippen LogP contribution in [0.15, 0.2) is 30.3 Å². The summed E-state index contributed by atoms with van der Waals surface area (Å²) in [6, 6.07) is 9.38. The summed E-state index contributed by atoms with van der Waals surface area (Å²) in [6.45, 7) is 1.63. The van der Waals surface area contributed by atoms with E-state index in [2.05, 4.69) is 15.5 Å². The molecule has 0 saturated carbocycles. The Morgan fingerprint density at radius 1 is 1.41 bits per heavy atom. The maximum atomic E-state index is 10.8. The van der Waals surface area contributed by atoms with Crippen LogP contribution in [0.3, 0.4) is 0 Å². The van der Waals surface area contributed by atoms with Crippen molar-refractivity contribution in [3.8, 4) is 5.69 Å². The van der Waals surface area contributed by atoms with Crippen LogP contribution in [0.25, 0.3) is 5.69 Å². The van der Waals surface area contributed by atoms with Crippen molar-refractivity contribution >= 4 is 5.97 Å². The normalized spacial score (nSPS) is 12.3. The van der Waals surface area contributed by atoms with Gasteiger partial charge in [0.05, 0.1) is 11.6 Å². The van der Waals surface area contributed by atoms with Gasteiger partial charge in [-0.05, 0) is 22.6 Å². The topological polar surface area (TPSA) is 80.9 Å². The Morgan fingerprint density at radius 2 is 2.12 bits per heavy atom. The fourth-order valence-corrected chi connectivity index (χ4v) is 1.46. The molecule has 0 spiro atoms. The summed E-state index contributed by atoms with van der Waals surface area (Å²) < 4.78 is 1.56. The van der Waals surface area contributed by atoms with E-state index in [0.717, 1.165) is 5.69 Å². The van der Waals surface area contributed by atoms with Crippen molar-refractivity contribution < 1.29 is 9.90 Å². The van der Waals surface area contributed by atoms with E-state index in [1.165, 1.54) is 0 Å². The Labute approximate surface area is 97.9 Å². The van der Waals surface area contributed by atoms with Gasteiger partial charge in [-0.2, -0.15) is 4.68 Å². The maximum Gasteiger partial charge on any atom is 0.306 e. The molecule has 1 aromatic heterocycles. The van der Waals surface area contributed by atoms with Gasteiger partial charge in [-0.15, -0.1) is 5.10 Å². The molecule has 1 atom stereocenters. The van der Waals surface area contributed by atoms with E-state index in [-0.39, 0.29) is 0 Å². The Hall–Kier alpha value is -2.24. The van der Waals surface area contributed by atoms with Crippen LogP contribution >= 0.6 is 0 Å². The lowest BCUT2D eigenvalue weighted by atomic mass is 10.1. The lowest BCUT2D eigenvalue weighted by Gasteiger charge is -2.06. The summed E-state index contributed by atoms with van der Waals surface area (Å²) in [5.41, 5.74) is 0.824. The summed E-state index contributed by atoms with van der Waals surface area (Å²) in [4.78, 5) is 10.8. The molecule has 0 radical (unpaired) electrons. The standard InChI is InChI=1S/C11H12N4O2/c1-8(11(16)17)7-10-12-13-14-15(10)9-5-3-2-4-6-9/h2-6,8H,7H2,1H3,(H,16,17). The summed E-state index contributed by atoms with van der Waals surface area (Å²) in [5.74, 6) is -0.817. The number of tetrazole rings is 1. The molecule has 6 nitrogen and oxygen atoms in total. The minimum atomic E-state index is -0.854. The second kappa shape index (κ2) is 4.73. The van der Waals surface area contributed by atoms with Crippen LogP contribution in [0.4, 0.5) is 0 Å². The zero-order valence-electron chi connectivity index (χ0n) is 9.32. The smallest absolute Gasteiger partial charge is 0.306 e. The fraction of sp³-hybridized carbons (Fsp3) is 0.273. The van der Waals surface area contributed by atoms with Crippen molar-refractivity contribution in [3.05, 3.63) is 36.2 Å². The van der Waals surface area contributed by atoms with Crippen LogP contribution < -0.4 is 0 Å². The fourth-order valence-electron chi connectivity index (χ4n) is 1.46. The van der Waals surface area contributed by atoms with Crippen LogP contribution in [-0.2, 0) is 11.2 Å². The molecule has 1 N–H and O–H groups in total. The zero-order valence-corrected chi connectivity index (χ0v) is 9.32. The van der Waals surface area contributed by atoms with E-state index in [9.17, 15) is 4.79 Å². The molecule has 1 aromatic carbocycles. The predicted molar refractivity (Wildman–Crippen MR) is 59.7 cm³/mol. The van der Waals surface area contributed by atoms with E-state index in [1.807, 2.05) is 30.3 Å². The Kier molecular flexibility index (Phi) is 3.13.